The van der Waals surface area contributed by atoms with E-state index in [-0.39, 0.29) is 24.5 Å². The lowest BCUT2D eigenvalue weighted by molar-refractivity contribution is 0.0901. The molecule has 100 valence electrons. The molecule has 3 nitrogen and oxygen atoms in total. The van der Waals surface area contributed by atoms with Crippen LogP contribution in [0.2, 0.25) is 0 Å². The summed E-state index contributed by atoms with van der Waals surface area (Å²) in [5.41, 5.74) is 1.31. The Bertz CT molecular complexity index is 405. The fourth-order valence-electron chi connectivity index (χ4n) is 1.92. The van der Waals surface area contributed by atoms with Crippen molar-refractivity contribution >= 4 is 29.0 Å². The molecule has 0 aliphatic carbocycles. The highest BCUT2D eigenvalue weighted by atomic mass is 32.2. The van der Waals surface area contributed by atoms with Crippen LogP contribution in [0.5, 0.6) is 0 Å². The standard InChI is InChI=1S/C13H19NO2S2/c1-8(2)10(6-15)14-13(16)12-5-9-7-17-4-3-11(9)18-12/h5,8,10,15H,3-4,6-7H2,1-2H3,(H,14,16)/t10-/m1/s1. The lowest BCUT2D eigenvalue weighted by Gasteiger charge is -2.19. The molecular formula is C13H19NO2S2. The van der Waals surface area contributed by atoms with Crippen LogP contribution in [-0.2, 0) is 12.2 Å². The normalized spacial score (nSPS) is 16.4. The summed E-state index contributed by atoms with van der Waals surface area (Å²) in [4.78, 5) is 14.2. The summed E-state index contributed by atoms with van der Waals surface area (Å²) in [5, 5.41) is 12.1. The van der Waals surface area contributed by atoms with Crippen LogP contribution in [0, 0.1) is 5.92 Å². The van der Waals surface area contributed by atoms with Crippen molar-refractivity contribution in [1.29, 1.82) is 0 Å². The van der Waals surface area contributed by atoms with Gasteiger partial charge in [-0.2, -0.15) is 11.8 Å². The van der Waals surface area contributed by atoms with E-state index in [9.17, 15) is 9.90 Å². The number of aryl methyl sites for hydroxylation is 1. The van der Waals surface area contributed by atoms with Crippen LogP contribution < -0.4 is 5.32 Å². The molecule has 1 aliphatic heterocycles. The molecular weight excluding hydrogens is 266 g/mol. The first-order valence-corrected chi connectivity index (χ1v) is 8.20. The van der Waals surface area contributed by atoms with Crippen LogP contribution in [0.25, 0.3) is 0 Å². The van der Waals surface area contributed by atoms with Crippen LogP contribution in [0.15, 0.2) is 6.07 Å². The number of hydrogen-bond donors (Lipinski definition) is 2. The molecule has 1 aromatic heterocycles. The molecule has 0 spiro atoms. The molecule has 0 unspecified atom stereocenters. The van der Waals surface area contributed by atoms with Gasteiger partial charge < -0.3 is 10.4 Å². The van der Waals surface area contributed by atoms with Crippen molar-refractivity contribution in [3.63, 3.8) is 0 Å². The van der Waals surface area contributed by atoms with Crippen LogP contribution in [0.4, 0.5) is 0 Å². The van der Waals surface area contributed by atoms with Crippen molar-refractivity contribution in [2.24, 2.45) is 5.92 Å². The van der Waals surface area contributed by atoms with E-state index in [1.165, 1.54) is 10.4 Å². The SMILES string of the molecule is CC(C)[C@@H](CO)NC(=O)c1cc2c(s1)CCSC2. The second-order valence-electron chi connectivity index (χ2n) is 4.87. The van der Waals surface area contributed by atoms with Gasteiger partial charge in [-0.3, -0.25) is 4.79 Å². The van der Waals surface area contributed by atoms with Crippen molar-refractivity contribution in [2.45, 2.75) is 32.1 Å². The van der Waals surface area contributed by atoms with Gasteiger partial charge in [0, 0.05) is 10.6 Å². The predicted octanol–water partition coefficient (Wildman–Crippen LogP) is 2.28. The summed E-state index contributed by atoms with van der Waals surface area (Å²) in [6, 6.07) is 1.85. The van der Waals surface area contributed by atoms with Gasteiger partial charge in [0.05, 0.1) is 17.5 Å². The second-order valence-corrected chi connectivity index (χ2v) is 7.11. The van der Waals surface area contributed by atoms with E-state index < -0.39 is 0 Å². The molecule has 0 saturated carbocycles. The number of carbonyl (C=O) groups excluding carboxylic acids is 1. The number of aliphatic hydroxyl groups is 1. The zero-order valence-electron chi connectivity index (χ0n) is 10.7. The smallest absolute Gasteiger partial charge is 0.261 e. The van der Waals surface area contributed by atoms with E-state index in [4.69, 9.17) is 0 Å². The quantitative estimate of drug-likeness (QED) is 0.892. The van der Waals surface area contributed by atoms with E-state index in [0.717, 1.165) is 22.8 Å². The number of carbonyl (C=O) groups is 1. The third-order valence-electron chi connectivity index (χ3n) is 3.17. The zero-order chi connectivity index (χ0) is 13.1. The maximum atomic E-state index is 12.1. The number of nitrogens with one attached hydrogen (secondary N) is 1. The van der Waals surface area contributed by atoms with Crippen molar-refractivity contribution < 1.29 is 9.90 Å². The Morgan fingerprint density at radius 2 is 2.33 bits per heavy atom. The first kappa shape index (κ1) is 13.9. The molecule has 1 amide bonds. The van der Waals surface area contributed by atoms with Gasteiger partial charge in [0.25, 0.3) is 5.91 Å². The maximum Gasteiger partial charge on any atom is 0.261 e. The maximum absolute atomic E-state index is 12.1. The minimum Gasteiger partial charge on any atom is -0.394 e. The van der Waals surface area contributed by atoms with Crippen molar-refractivity contribution in [2.75, 3.05) is 12.4 Å². The molecule has 0 radical (unpaired) electrons. The zero-order valence-corrected chi connectivity index (χ0v) is 12.4. The van der Waals surface area contributed by atoms with E-state index in [2.05, 4.69) is 5.32 Å². The molecule has 1 atom stereocenters. The number of amides is 1. The van der Waals surface area contributed by atoms with E-state index >= 15 is 0 Å². The van der Waals surface area contributed by atoms with Crippen molar-refractivity contribution in [1.82, 2.24) is 5.32 Å². The van der Waals surface area contributed by atoms with Gasteiger partial charge in [-0.1, -0.05) is 13.8 Å². The highest BCUT2D eigenvalue weighted by Gasteiger charge is 2.20. The van der Waals surface area contributed by atoms with Gasteiger partial charge in [-0.05, 0) is 29.7 Å². The van der Waals surface area contributed by atoms with Crippen LogP contribution in [-0.4, -0.2) is 29.4 Å². The Morgan fingerprint density at radius 1 is 1.56 bits per heavy atom. The Labute approximate surface area is 116 Å². The summed E-state index contributed by atoms with van der Waals surface area (Å²) in [5.74, 6) is 2.36. The van der Waals surface area contributed by atoms with Gasteiger partial charge in [0.2, 0.25) is 0 Å². The highest BCUT2D eigenvalue weighted by molar-refractivity contribution is 7.98. The first-order chi connectivity index (χ1) is 8.61. The molecule has 2 rings (SSSR count). The molecule has 18 heavy (non-hydrogen) atoms. The number of hydrogen-bond acceptors (Lipinski definition) is 4. The minimum absolute atomic E-state index is 0.00958. The summed E-state index contributed by atoms with van der Waals surface area (Å²) in [6.45, 7) is 3.98. The third kappa shape index (κ3) is 3.08. The molecule has 2 heterocycles. The molecule has 5 heteroatoms. The number of fused-ring (bicyclic) bond motifs is 1. The Morgan fingerprint density at radius 3 is 2.94 bits per heavy atom. The largest absolute Gasteiger partial charge is 0.394 e. The Hall–Kier alpha value is -0.520. The summed E-state index contributed by atoms with van der Waals surface area (Å²) in [7, 11) is 0. The Balaban J connectivity index is 2.06. The van der Waals surface area contributed by atoms with Crippen LogP contribution in [0.3, 0.4) is 0 Å². The predicted molar refractivity (Wildman–Crippen MR) is 77.4 cm³/mol. The van der Waals surface area contributed by atoms with E-state index in [1.807, 2.05) is 31.7 Å². The Kier molecular flexibility index (Phi) is 4.70. The van der Waals surface area contributed by atoms with Crippen LogP contribution >= 0.6 is 23.1 Å². The van der Waals surface area contributed by atoms with Crippen LogP contribution in [0.1, 0.15) is 34.0 Å². The summed E-state index contributed by atoms with van der Waals surface area (Å²) in [6.07, 6.45) is 1.07. The summed E-state index contributed by atoms with van der Waals surface area (Å²) < 4.78 is 0. The average Bonchev–Trinajstić information content (AvgIpc) is 2.79. The summed E-state index contributed by atoms with van der Waals surface area (Å²) >= 11 is 3.52. The lowest BCUT2D eigenvalue weighted by atomic mass is 10.1. The molecule has 1 aromatic rings. The van der Waals surface area contributed by atoms with Crippen molar-refractivity contribution in [3.8, 4) is 0 Å². The molecule has 0 saturated heterocycles. The van der Waals surface area contributed by atoms with E-state index in [1.54, 1.807) is 11.3 Å². The number of thioether (sulfide) groups is 1. The lowest BCUT2D eigenvalue weighted by Crippen LogP contribution is -2.40. The molecule has 0 fully saturated rings. The number of rotatable bonds is 4. The van der Waals surface area contributed by atoms with Gasteiger partial charge >= 0.3 is 0 Å². The monoisotopic (exact) mass is 285 g/mol. The van der Waals surface area contributed by atoms with Gasteiger partial charge in [-0.15, -0.1) is 11.3 Å². The third-order valence-corrected chi connectivity index (χ3v) is 5.41. The topological polar surface area (TPSA) is 49.3 Å². The first-order valence-electron chi connectivity index (χ1n) is 6.23. The minimum atomic E-state index is -0.161. The number of thiophene rings is 1. The van der Waals surface area contributed by atoms with Gasteiger partial charge in [0.1, 0.15) is 0 Å². The van der Waals surface area contributed by atoms with E-state index in [0.29, 0.717) is 0 Å². The van der Waals surface area contributed by atoms with Gasteiger partial charge in [-0.25, -0.2) is 0 Å². The molecule has 2 N–H and O–H groups in total. The second kappa shape index (κ2) is 6.08. The molecule has 0 bridgehead atoms. The average molecular weight is 285 g/mol. The molecule has 1 aliphatic rings. The number of aliphatic hydroxyl groups excluding tert-OH is 1. The highest BCUT2D eigenvalue weighted by Crippen LogP contribution is 2.31. The van der Waals surface area contributed by atoms with Gasteiger partial charge in [0.15, 0.2) is 0 Å². The fraction of sp³-hybridized carbons (Fsp3) is 0.615. The van der Waals surface area contributed by atoms with Crippen molar-refractivity contribution in [3.05, 3.63) is 21.4 Å². The molecule has 0 aromatic carbocycles. The fourth-order valence-corrected chi connectivity index (χ4v) is 4.20.